The quantitative estimate of drug-likeness (QED) is 0.0348. The van der Waals surface area contributed by atoms with Gasteiger partial charge in [0.05, 0.1) is 13.2 Å². The van der Waals surface area contributed by atoms with Crippen LogP contribution in [0.2, 0.25) is 0 Å². The summed E-state index contributed by atoms with van der Waals surface area (Å²) in [5, 5.41) is 0. The number of nitrogens with two attached hydrogens (primary N) is 1. The molecule has 0 aromatic rings. The molecule has 12 heteroatoms. The number of rotatable bonds is 41. The number of phosphoric ester groups is 1. The molecule has 0 rings (SSSR count). The summed E-state index contributed by atoms with van der Waals surface area (Å²) >= 11 is 4.17. The molecule has 51 heavy (non-hydrogen) atoms. The van der Waals surface area contributed by atoms with Crippen molar-refractivity contribution >= 4 is 43.3 Å². The predicted octanol–water partition coefficient (Wildman–Crippen LogP) is 11.2. The average molecular weight is 784 g/mol. The van der Waals surface area contributed by atoms with Gasteiger partial charge in [0.25, 0.3) is 0 Å². The summed E-state index contributed by atoms with van der Waals surface area (Å²) in [6.45, 7) is 3.75. The fourth-order valence-corrected chi connectivity index (χ4v) is 8.34. The highest BCUT2D eigenvalue weighted by Gasteiger charge is 2.26. The van der Waals surface area contributed by atoms with Crippen LogP contribution in [0.5, 0.6) is 0 Å². The molecule has 2 unspecified atom stereocenters. The Labute approximate surface area is 321 Å². The Kier molecular flexibility index (Phi) is 39.2. The van der Waals surface area contributed by atoms with Crippen LogP contribution >= 0.6 is 31.3 Å². The Morgan fingerprint density at radius 2 is 0.961 bits per heavy atom. The maximum absolute atomic E-state index is 12.6. The van der Waals surface area contributed by atoms with Crippen LogP contribution in [-0.4, -0.2) is 72.3 Å². The van der Waals surface area contributed by atoms with Crippen molar-refractivity contribution < 1.29 is 37.6 Å². The van der Waals surface area contributed by atoms with Gasteiger partial charge in [-0.15, -0.1) is 0 Å². The van der Waals surface area contributed by atoms with Crippen LogP contribution in [-0.2, 0) is 32.7 Å². The standard InChI is InChI=1S/C39H78NO8PS2/c1-3-5-7-17-23-31-50-33-25-19-13-9-11-15-21-27-38(41)45-35-37(36-47-49(43,44)46-30-29-40)48-39(42)28-22-16-12-10-14-20-26-34-51-32-24-18-8-6-4-2/h37H,3-36,40H2,1-2H3,(H,43,44). The lowest BCUT2D eigenvalue weighted by Crippen LogP contribution is -2.29. The van der Waals surface area contributed by atoms with Crippen LogP contribution in [0, 0.1) is 0 Å². The number of carbonyl (C=O) groups is 2. The van der Waals surface area contributed by atoms with E-state index in [1.165, 1.54) is 132 Å². The summed E-state index contributed by atoms with van der Waals surface area (Å²) < 4.78 is 32.7. The third-order valence-electron chi connectivity index (χ3n) is 8.65. The molecule has 0 fully saturated rings. The van der Waals surface area contributed by atoms with E-state index < -0.39 is 26.5 Å². The zero-order valence-corrected chi connectivity index (χ0v) is 35.3. The second-order valence-electron chi connectivity index (χ2n) is 13.7. The average Bonchev–Trinajstić information content (AvgIpc) is 3.11. The molecule has 0 saturated carbocycles. The molecule has 0 aromatic heterocycles. The molecule has 304 valence electrons. The molecule has 0 aliphatic carbocycles. The van der Waals surface area contributed by atoms with Crippen molar-refractivity contribution in [2.24, 2.45) is 5.73 Å². The van der Waals surface area contributed by atoms with E-state index in [0.717, 1.165) is 38.5 Å². The highest BCUT2D eigenvalue weighted by molar-refractivity contribution is 7.99. The lowest BCUT2D eigenvalue weighted by Gasteiger charge is -2.19. The molecule has 0 aliphatic heterocycles. The van der Waals surface area contributed by atoms with E-state index in [1.807, 2.05) is 0 Å². The minimum atomic E-state index is -4.37. The molecule has 0 bridgehead atoms. The summed E-state index contributed by atoms with van der Waals surface area (Å²) in [5.41, 5.74) is 5.34. The van der Waals surface area contributed by atoms with Crippen molar-refractivity contribution in [3.8, 4) is 0 Å². The van der Waals surface area contributed by atoms with Gasteiger partial charge in [0, 0.05) is 19.4 Å². The van der Waals surface area contributed by atoms with Crippen molar-refractivity contribution in [2.75, 3.05) is 49.4 Å². The van der Waals surface area contributed by atoms with Crippen LogP contribution < -0.4 is 5.73 Å². The number of thioether (sulfide) groups is 2. The first-order chi connectivity index (χ1) is 24.8. The summed E-state index contributed by atoms with van der Waals surface area (Å²) in [7, 11) is -4.37. The third-order valence-corrected chi connectivity index (χ3v) is 11.9. The SMILES string of the molecule is CCCCCCCSCCCCCCCCCC(=O)OCC(COP(=O)(O)OCCN)OC(=O)CCCCCCCCCSCCCCCCC. The van der Waals surface area contributed by atoms with Crippen LogP contribution in [0.1, 0.15) is 181 Å². The number of hydrogen-bond donors (Lipinski definition) is 2. The first kappa shape index (κ1) is 50.7. The Hall–Kier alpha value is -0.290. The van der Waals surface area contributed by atoms with Gasteiger partial charge in [-0.25, -0.2) is 4.57 Å². The van der Waals surface area contributed by atoms with Gasteiger partial charge in [-0.3, -0.25) is 18.6 Å². The molecular formula is C39H78NO8PS2. The maximum Gasteiger partial charge on any atom is 0.472 e. The molecule has 0 radical (unpaired) electrons. The highest BCUT2D eigenvalue weighted by atomic mass is 32.2. The van der Waals surface area contributed by atoms with Crippen LogP contribution in [0.4, 0.5) is 0 Å². The van der Waals surface area contributed by atoms with E-state index in [-0.39, 0.29) is 38.6 Å². The van der Waals surface area contributed by atoms with Gasteiger partial charge in [0.15, 0.2) is 6.10 Å². The number of ether oxygens (including phenoxy) is 2. The first-order valence-corrected chi connectivity index (χ1v) is 24.5. The number of hydrogen-bond acceptors (Lipinski definition) is 10. The number of unbranched alkanes of at least 4 members (excludes halogenated alkanes) is 20. The predicted molar refractivity (Wildman–Crippen MR) is 218 cm³/mol. The van der Waals surface area contributed by atoms with Gasteiger partial charge in [0.2, 0.25) is 0 Å². The molecule has 0 aromatic carbocycles. The van der Waals surface area contributed by atoms with Gasteiger partial charge in [0.1, 0.15) is 6.61 Å². The zero-order valence-electron chi connectivity index (χ0n) is 32.8. The van der Waals surface area contributed by atoms with Crippen LogP contribution in [0.25, 0.3) is 0 Å². The topological polar surface area (TPSA) is 134 Å². The zero-order chi connectivity index (χ0) is 37.5. The molecule has 2 atom stereocenters. The largest absolute Gasteiger partial charge is 0.472 e. The van der Waals surface area contributed by atoms with Crippen molar-refractivity contribution in [2.45, 2.75) is 187 Å². The van der Waals surface area contributed by atoms with E-state index in [9.17, 15) is 19.0 Å². The highest BCUT2D eigenvalue weighted by Crippen LogP contribution is 2.43. The molecule has 0 heterocycles. The van der Waals surface area contributed by atoms with Gasteiger partial charge in [-0.05, 0) is 61.5 Å². The smallest absolute Gasteiger partial charge is 0.462 e. The minimum Gasteiger partial charge on any atom is -0.462 e. The van der Waals surface area contributed by atoms with E-state index in [1.54, 1.807) is 0 Å². The Morgan fingerprint density at radius 1 is 0.569 bits per heavy atom. The summed E-state index contributed by atoms with van der Waals surface area (Å²) in [5.74, 6) is 4.27. The van der Waals surface area contributed by atoms with Crippen LogP contribution in [0.3, 0.4) is 0 Å². The van der Waals surface area contributed by atoms with Gasteiger partial charge < -0.3 is 20.1 Å². The molecule has 0 saturated heterocycles. The summed E-state index contributed by atoms with van der Waals surface area (Å²) in [6, 6.07) is 0. The fraction of sp³-hybridized carbons (Fsp3) is 0.949. The summed E-state index contributed by atoms with van der Waals surface area (Å²) in [6.07, 6.45) is 28.4. The van der Waals surface area contributed by atoms with Gasteiger partial charge in [-0.2, -0.15) is 23.5 Å². The minimum absolute atomic E-state index is 0.0563. The normalized spacial score (nSPS) is 13.3. The first-order valence-electron chi connectivity index (χ1n) is 20.7. The molecule has 3 N–H and O–H groups in total. The lowest BCUT2D eigenvalue weighted by molar-refractivity contribution is -0.161. The monoisotopic (exact) mass is 783 g/mol. The van der Waals surface area contributed by atoms with Crippen molar-refractivity contribution in [1.29, 1.82) is 0 Å². The lowest BCUT2D eigenvalue weighted by atomic mass is 10.1. The number of carbonyl (C=O) groups excluding carboxylic acids is 2. The maximum atomic E-state index is 12.6. The molecule has 0 spiro atoms. The van der Waals surface area contributed by atoms with Gasteiger partial charge >= 0.3 is 19.8 Å². The Morgan fingerprint density at radius 3 is 1.39 bits per heavy atom. The molecule has 0 aliphatic rings. The Bertz CT molecular complexity index is 826. The van der Waals surface area contributed by atoms with E-state index in [2.05, 4.69) is 37.4 Å². The molecule has 0 amide bonds. The molecule has 9 nitrogen and oxygen atoms in total. The number of esters is 2. The van der Waals surface area contributed by atoms with E-state index in [0.29, 0.717) is 6.42 Å². The van der Waals surface area contributed by atoms with Crippen molar-refractivity contribution in [1.82, 2.24) is 0 Å². The third kappa shape index (κ3) is 39.2. The van der Waals surface area contributed by atoms with Crippen LogP contribution in [0.15, 0.2) is 0 Å². The summed E-state index contributed by atoms with van der Waals surface area (Å²) in [4.78, 5) is 34.8. The van der Waals surface area contributed by atoms with Crippen molar-refractivity contribution in [3.63, 3.8) is 0 Å². The van der Waals surface area contributed by atoms with Gasteiger partial charge in [-0.1, -0.05) is 129 Å². The van der Waals surface area contributed by atoms with E-state index >= 15 is 0 Å². The number of phosphoric acid groups is 1. The fourth-order valence-electron chi connectivity index (χ4n) is 5.54. The van der Waals surface area contributed by atoms with Crippen molar-refractivity contribution in [3.05, 3.63) is 0 Å². The second-order valence-corrected chi connectivity index (χ2v) is 17.6. The van der Waals surface area contributed by atoms with E-state index in [4.69, 9.17) is 24.3 Å². The molecular weight excluding hydrogens is 706 g/mol. The Balaban J connectivity index is 4.11. The second kappa shape index (κ2) is 39.4.